The molecule has 0 aliphatic heterocycles. The van der Waals surface area contributed by atoms with Crippen molar-refractivity contribution in [1.82, 2.24) is 5.32 Å². The minimum absolute atomic E-state index is 0.178. The molecule has 1 rings (SSSR count). The van der Waals surface area contributed by atoms with E-state index in [0.29, 0.717) is 12.5 Å². The summed E-state index contributed by atoms with van der Waals surface area (Å²) < 4.78 is 17.3. The van der Waals surface area contributed by atoms with Crippen LogP contribution in [0.3, 0.4) is 0 Å². The summed E-state index contributed by atoms with van der Waals surface area (Å²) in [6.45, 7) is 2.85. The second-order valence-corrected chi connectivity index (χ2v) is 4.37. The molecule has 0 heterocycles. The zero-order valence-electron chi connectivity index (χ0n) is 10.9. The minimum Gasteiger partial charge on any atom is -0.469 e. The van der Waals surface area contributed by atoms with E-state index in [2.05, 4.69) is 17.0 Å². The molecule has 0 aromatic heterocycles. The van der Waals surface area contributed by atoms with E-state index >= 15 is 0 Å². The van der Waals surface area contributed by atoms with Gasteiger partial charge in [-0.25, -0.2) is 4.39 Å². The summed E-state index contributed by atoms with van der Waals surface area (Å²) in [6.07, 6.45) is 2.05. The van der Waals surface area contributed by atoms with Crippen LogP contribution in [0, 0.1) is 5.82 Å². The van der Waals surface area contributed by atoms with Gasteiger partial charge >= 0.3 is 5.97 Å². The lowest BCUT2D eigenvalue weighted by atomic mass is 10.1. The Balaban J connectivity index is 2.19. The van der Waals surface area contributed by atoms with E-state index in [9.17, 15) is 9.18 Å². The van der Waals surface area contributed by atoms with Crippen molar-refractivity contribution in [3.05, 3.63) is 35.6 Å². The van der Waals surface area contributed by atoms with Gasteiger partial charge in [0.25, 0.3) is 0 Å². The van der Waals surface area contributed by atoms with Gasteiger partial charge in [0.1, 0.15) is 5.82 Å². The molecular formula is C14H20FNO2. The van der Waals surface area contributed by atoms with Crippen LogP contribution < -0.4 is 5.32 Å². The fourth-order valence-corrected chi connectivity index (χ4v) is 1.73. The first-order valence-corrected chi connectivity index (χ1v) is 6.16. The summed E-state index contributed by atoms with van der Waals surface area (Å²) in [6, 6.07) is 6.83. The van der Waals surface area contributed by atoms with Crippen LogP contribution in [-0.4, -0.2) is 25.7 Å². The van der Waals surface area contributed by atoms with Crippen LogP contribution >= 0.6 is 0 Å². The number of hydrogen-bond donors (Lipinski definition) is 1. The van der Waals surface area contributed by atoms with Crippen LogP contribution in [0.1, 0.15) is 25.3 Å². The Hall–Kier alpha value is -1.42. The number of carbonyl (C=O) groups is 1. The summed E-state index contributed by atoms with van der Waals surface area (Å²) in [4.78, 5) is 10.9. The Morgan fingerprint density at radius 1 is 1.39 bits per heavy atom. The zero-order valence-corrected chi connectivity index (χ0v) is 10.9. The molecule has 0 spiro atoms. The number of nitrogens with one attached hydrogen (secondary N) is 1. The van der Waals surface area contributed by atoms with E-state index in [1.807, 2.05) is 0 Å². The van der Waals surface area contributed by atoms with Crippen molar-refractivity contribution in [3.8, 4) is 0 Å². The van der Waals surface area contributed by atoms with Gasteiger partial charge in [-0.3, -0.25) is 4.79 Å². The van der Waals surface area contributed by atoms with Gasteiger partial charge in [-0.2, -0.15) is 0 Å². The first-order valence-electron chi connectivity index (χ1n) is 6.16. The maximum absolute atomic E-state index is 12.7. The normalized spacial score (nSPS) is 12.2. The zero-order chi connectivity index (χ0) is 13.4. The molecule has 1 aromatic rings. The number of rotatable bonds is 7. The Kier molecular flexibility index (Phi) is 6.36. The van der Waals surface area contributed by atoms with E-state index in [0.717, 1.165) is 24.9 Å². The molecule has 4 heteroatoms. The fraction of sp³-hybridized carbons (Fsp3) is 0.500. The number of halogens is 1. The summed E-state index contributed by atoms with van der Waals surface area (Å²) in [5.74, 6) is -0.388. The van der Waals surface area contributed by atoms with Gasteiger partial charge in [-0.1, -0.05) is 12.1 Å². The van der Waals surface area contributed by atoms with Gasteiger partial charge in [-0.15, -0.1) is 0 Å². The molecule has 0 aliphatic rings. The van der Waals surface area contributed by atoms with Crippen LogP contribution in [0.5, 0.6) is 0 Å². The smallest absolute Gasteiger partial charge is 0.305 e. The Morgan fingerprint density at radius 2 is 2.06 bits per heavy atom. The van der Waals surface area contributed by atoms with Gasteiger partial charge in [0.15, 0.2) is 0 Å². The molecule has 0 bridgehead atoms. The maximum atomic E-state index is 12.7. The van der Waals surface area contributed by atoms with Crippen molar-refractivity contribution in [1.29, 1.82) is 0 Å². The highest BCUT2D eigenvalue weighted by atomic mass is 19.1. The van der Waals surface area contributed by atoms with Gasteiger partial charge in [0.2, 0.25) is 0 Å². The fourth-order valence-electron chi connectivity index (χ4n) is 1.73. The number of ether oxygens (including phenoxy) is 1. The topological polar surface area (TPSA) is 38.3 Å². The van der Waals surface area contributed by atoms with Gasteiger partial charge in [0, 0.05) is 12.5 Å². The molecule has 0 saturated heterocycles. The second-order valence-electron chi connectivity index (χ2n) is 4.37. The van der Waals surface area contributed by atoms with E-state index in [1.54, 1.807) is 12.1 Å². The predicted octanol–water partition coefficient (Wildman–Crippen LogP) is 2.30. The largest absolute Gasteiger partial charge is 0.469 e. The molecule has 0 saturated carbocycles. The first kappa shape index (κ1) is 14.6. The monoisotopic (exact) mass is 253 g/mol. The van der Waals surface area contributed by atoms with Crippen molar-refractivity contribution in [3.63, 3.8) is 0 Å². The van der Waals surface area contributed by atoms with Crippen LogP contribution in [0.15, 0.2) is 24.3 Å². The summed E-state index contributed by atoms with van der Waals surface area (Å²) >= 11 is 0. The molecule has 0 amide bonds. The van der Waals surface area contributed by atoms with Crippen LogP contribution in [-0.2, 0) is 16.0 Å². The van der Waals surface area contributed by atoms with Gasteiger partial charge in [-0.05, 0) is 44.0 Å². The highest BCUT2D eigenvalue weighted by Gasteiger charge is 2.04. The molecule has 1 atom stereocenters. The van der Waals surface area contributed by atoms with Gasteiger partial charge < -0.3 is 10.1 Å². The lowest BCUT2D eigenvalue weighted by Crippen LogP contribution is -2.29. The average Bonchev–Trinajstić information content (AvgIpc) is 2.37. The number of methoxy groups -OCH3 is 1. The molecule has 1 unspecified atom stereocenters. The third-order valence-corrected chi connectivity index (χ3v) is 2.73. The third kappa shape index (κ3) is 5.77. The summed E-state index contributed by atoms with van der Waals surface area (Å²) in [5, 5.41) is 3.32. The van der Waals surface area contributed by atoms with E-state index < -0.39 is 0 Å². The van der Waals surface area contributed by atoms with Crippen molar-refractivity contribution >= 4 is 5.97 Å². The highest BCUT2D eigenvalue weighted by molar-refractivity contribution is 5.69. The molecule has 1 aromatic carbocycles. The van der Waals surface area contributed by atoms with Crippen LogP contribution in [0.4, 0.5) is 4.39 Å². The van der Waals surface area contributed by atoms with E-state index in [-0.39, 0.29) is 11.8 Å². The quantitative estimate of drug-likeness (QED) is 0.598. The Labute approximate surface area is 107 Å². The average molecular weight is 253 g/mol. The first-order chi connectivity index (χ1) is 8.61. The lowest BCUT2D eigenvalue weighted by Gasteiger charge is -2.13. The number of esters is 1. The second kappa shape index (κ2) is 7.82. The number of hydrogen-bond acceptors (Lipinski definition) is 3. The van der Waals surface area contributed by atoms with E-state index in [4.69, 9.17) is 0 Å². The van der Waals surface area contributed by atoms with Crippen molar-refractivity contribution in [2.24, 2.45) is 0 Å². The van der Waals surface area contributed by atoms with Crippen LogP contribution in [0.2, 0.25) is 0 Å². The predicted molar refractivity (Wildman–Crippen MR) is 68.8 cm³/mol. The van der Waals surface area contributed by atoms with Crippen LogP contribution in [0.25, 0.3) is 0 Å². The standard InChI is InChI=1S/C14H20FNO2/c1-11(16-9-3-4-14(17)18-2)10-12-5-7-13(15)8-6-12/h5-8,11,16H,3-4,9-10H2,1-2H3. The summed E-state index contributed by atoms with van der Waals surface area (Å²) in [5.41, 5.74) is 1.10. The molecule has 100 valence electrons. The maximum Gasteiger partial charge on any atom is 0.305 e. The SMILES string of the molecule is COC(=O)CCCNC(C)Cc1ccc(F)cc1. The molecule has 0 aliphatic carbocycles. The van der Waals surface area contributed by atoms with E-state index in [1.165, 1.54) is 19.2 Å². The summed E-state index contributed by atoms with van der Waals surface area (Å²) in [7, 11) is 1.40. The molecular weight excluding hydrogens is 233 g/mol. The molecule has 3 nitrogen and oxygen atoms in total. The minimum atomic E-state index is -0.211. The van der Waals surface area contributed by atoms with Crippen molar-refractivity contribution in [2.45, 2.75) is 32.2 Å². The van der Waals surface area contributed by atoms with Crippen molar-refractivity contribution in [2.75, 3.05) is 13.7 Å². The Morgan fingerprint density at radius 3 is 2.67 bits per heavy atom. The highest BCUT2D eigenvalue weighted by Crippen LogP contribution is 2.05. The molecule has 18 heavy (non-hydrogen) atoms. The third-order valence-electron chi connectivity index (χ3n) is 2.73. The molecule has 0 radical (unpaired) electrons. The number of benzene rings is 1. The Bertz CT molecular complexity index is 365. The van der Waals surface area contributed by atoms with Gasteiger partial charge in [0.05, 0.1) is 7.11 Å². The molecule has 1 N–H and O–H groups in total. The lowest BCUT2D eigenvalue weighted by molar-refractivity contribution is -0.140. The molecule has 0 fully saturated rings. The number of carbonyl (C=O) groups excluding carboxylic acids is 1. The van der Waals surface area contributed by atoms with Crippen molar-refractivity contribution < 1.29 is 13.9 Å².